The molecule has 2 fully saturated rings. The summed E-state index contributed by atoms with van der Waals surface area (Å²) < 4.78 is 30.6. The van der Waals surface area contributed by atoms with Crippen LogP contribution >= 0.6 is 0 Å². The Balaban J connectivity index is 1.44. The maximum absolute atomic E-state index is 12.9. The highest BCUT2D eigenvalue weighted by atomic mass is 32.2. The van der Waals surface area contributed by atoms with Gasteiger partial charge in [0.15, 0.2) is 5.82 Å². The highest BCUT2D eigenvalue weighted by Gasteiger charge is 2.65. The topological polar surface area (TPSA) is 120 Å². The standard InChI is InChI=1S/C22H33N5O3S/c1-13-14(2)25-20(23)18-19(13)27(15(3)26-18)10-6-9-24-31(29,30)12-22-8-7-16(11-17(22)28)21(22,4)5/h16,24H,6-12H2,1-5H3,(H2,23,25)/t16-,22-/m1/s1. The number of nitrogens with one attached hydrogen (secondary N) is 1. The number of nitrogen functional groups attached to an aromatic ring is 1. The number of fused-ring (bicyclic) bond motifs is 3. The number of aromatic nitrogens is 3. The van der Waals surface area contributed by atoms with Gasteiger partial charge in [0.05, 0.1) is 11.3 Å². The second-order valence-corrected chi connectivity index (χ2v) is 11.7. The summed E-state index contributed by atoms with van der Waals surface area (Å²) in [4.78, 5) is 21.6. The maximum Gasteiger partial charge on any atom is 0.212 e. The van der Waals surface area contributed by atoms with E-state index in [0.29, 0.717) is 49.6 Å². The molecule has 0 radical (unpaired) electrons. The van der Waals surface area contributed by atoms with Crippen LogP contribution < -0.4 is 10.5 Å². The van der Waals surface area contributed by atoms with Gasteiger partial charge >= 0.3 is 0 Å². The first-order valence-electron chi connectivity index (χ1n) is 11.0. The van der Waals surface area contributed by atoms with Gasteiger partial charge < -0.3 is 10.3 Å². The Kier molecular flexibility index (Phi) is 5.20. The van der Waals surface area contributed by atoms with Crippen molar-refractivity contribution in [1.29, 1.82) is 0 Å². The summed E-state index contributed by atoms with van der Waals surface area (Å²) in [7, 11) is -3.55. The van der Waals surface area contributed by atoms with Crippen molar-refractivity contribution in [3.05, 3.63) is 17.1 Å². The fraction of sp³-hybridized carbons (Fsp3) is 0.682. The Morgan fingerprint density at radius 2 is 1.94 bits per heavy atom. The van der Waals surface area contributed by atoms with Gasteiger partial charge in [-0.25, -0.2) is 23.1 Å². The fourth-order valence-electron chi connectivity index (χ4n) is 5.83. The van der Waals surface area contributed by atoms with Crippen LogP contribution in [0.3, 0.4) is 0 Å². The van der Waals surface area contributed by atoms with E-state index in [2.05, 4.69) is 33.1 Å². The molecule has 31 heavy (non-hydrogen) atoms. The molecule has 0 unspecified atom stereocenters. The summed E-state index contributed by atoms with van der Waals surface area (Å²) >= 11 is 0. The van der Waals surface area contributed by atoms with Gasteiger partial charge in [-0.2, -0.15) is 0 Å². The minimum Gasteiger partial charge on any atom is -0.382 e. The smallest absolute Gasteiger partial charge is 0.212 e. The van der Waals surface area contributed by atoms with Crippen molar-refractivity contribution in [2.45, 2.75) is 66.8 Å². The first kappa shape index (κ1) is 22.2. The van der Waals surface area contributed by atoms with E-state index in [9.17, 15) is 13.2 Å². The number of hydrogen-bond acceptors (Lipinski definition) is 6. The number of carbonyl (C=O) groups excluding carboxylic acids is 1. The third-order valence-corrected chi connectivity index (χ3v) is 9.56. The van der Waals surface area contributed by atoms with Gasteiger partial charge in [0.2, 0.25) is 10.0 Å². The molecule has 170 valence electrons. The highest BCUT2D eigenvalue weighted by molar-refractivity contribution is 7.89. The Hall–Kier alpha value is -2.00. The van der Waals surface area contributed by atoms with E-state index in [1.807, 2.05) is 20.8 Å². The number of hydrogen-bond donors (Lipinski definition) is 2. The summed E-state index contributed by atoms with van der Waals surface area (Å²) in [6.07, 6.45) is 2.75. The molecule has 4 rings (SSSR count). The molecule has 2 aromatic heterocycles. The SMILES string of the molecule is Cc1nc(N)c2nc(C)n(CCCNS(=O)(=O)C[C@]34CC[C@H](CC3=O)C4(C)C)c2c1C. The quantitative estimate of drug-likeness (QED) is 0.630. The second kappa shape index (κ2) is 7.27. The number of rotatable bonds is 7. The summed E-state index contributed by atoms with van der Waals surface area (Å²) in [5.74, 6) is 1.57. The van der Waals surface area contributed by atoms with Crippen LogP contribution in [0.5, 0.6) is 0 Å². The van der Waals surface area contributed by atoms with Crippen LogP contribution in [-0.4, -0.2) is 41.0 Å². The van der Waals surface area contributed by atoms with E-state index >= 15 is 0 Å². The predicted molar refractivity (Wildman–Crippen MR) is 121 cm³/mol. The van der Waals surface area contributed by atoms with Gasteiger partial charge in [-0.1, -0.05) is 13.8 Å². The van der Waals surface area contributed by atoms with E-state index in [-0.39, 0.29) is 17.0 Å². The molecule has 0 aromatic carbocycles. The summed E-state index contributed by atoms with van der Waals surface area (Å²) in [6.45, 7) is 10.9. The molecule has 2 saturated carbocycles. The number of Topliss-reactive ketones (excluding diaryl/α,β-unsaturated/α-hetero) is 1. The molecule has 2 aliphatic rings. The monoisotopic (exact) mass is 447 g/mol. The number of carbonyl (C=O) groups is 1. The number of imidazole rings is 1. The first-order valence-corrected chi connectivity index (χ1v) is 12.6. The van der Waals surface area contributed by atoms with Gasteiger partial charge in [-0.15, -0.1) is 0 Å². The number of sulfonamides is 1. The van der Waals surface area contributed by atoms with Crippen LogP contribution in [0.15, 0.2) is 0 Å². The average molecular weight is 448 g/mol. The van der Waals surface area contributed by atoms with Crippen molar-refractivity contribution >= 4 is 32.7 Å². The van der Waals surface area contributed by atoms with E-state index in [1.54, 1.807) is 0 Å². The normalized spacial score (nSPS) is 25.1. The molecule has 0 spiro atoms. The Bertz CT molecular complexity index is 1170. The van der Waals surface area contributed by atoms with Gasteiger partial charge in [0.1, 0.15) is 17.1 Å². The summed E-state index contributed by atoms with van der Waals surface area (Å²) in [6, 6.07) is 0. The van der Waals surface area contributed by atoms with Gasteiger partial charge in [0.25, 0.3) is 0 Å². The summed E-state index contributed by atoms with van der Waals surface area (Å²) in [5, 5.41) is 0. The lowest BCUT2D eigenvalue weighted by Gasteiger charge is -2.36. The third-order valence-electron chi connectivity index (χ3n) is 8.04. The lowest BCUT2D eigenvalue weighted by molar-refractivity contribution is -0.128. The zero-order valence-electron chi connectivity index (χ0n) is 19.1. The van der Waals surface area contributed by atoms with Gasteiger partial charge in [0, 0.05) is 30.6 Å². The Morgan fingerprint density at radius 3 is 2.55 bits per heavy atom. The molecule has 8 nitrogen and oxygen atoms in total. The van der Waals surface area contributed by atoms with E-state index < -0.39 is 15.4 Å². The van der Waals surface area contributed by atoms with E-state index in [4.69, 9.17) is 5.73 Å². The van der Waals surface area contributed by atoms with Crippen LogP contribution in [0.2, 0.25) is 0 Å². The first-order chi connectivity index (χ1) is 14.4. The molecule has 0 aliphatic heterocycles. The number of ketones is 1. The van der Waals surface area contributed by atoms with Crippen LogP contribution in [-0.2, 0) is 21.4 Å². The number of anilines is 1. The third kappa shape index (κ3) is 3.36. The van der Waals surface area contributed by atoms with Crippen molar-refractivity contribution in [2.75, 3.05) is 18.0 Å². The summed E-state index contributed by atoms with van der Waals surface area (Å²) in [5.41, 5.74) is 8.61. The molecule has 0 amide bonds. The molecular weight excluding hydrogens is 414 g/mol. The maximum atomic E-state index is 12.9. The van der Waals surface area contributed by atoms with E-state index in [0.717, 1.165) is 29.0 Å². The highest BCUT2D eigenvalue weighted by Crippen LogP contribution is 2.64. The lowest BCUT2D eigenvalue weighted by Crippen LogP contribution is -2.45. The van der Waals surface area contributed by atoms with Crippen LogP contribution in [0.1, 0.15) is 56.6 Å². The number of aryl methyl sites for hydroxylation is 4. The molecule has 3 N–H and O–H groups in total. The van der Waals surface area contributed by atoms with Gasteiger partial charge in [-0.05, 0) is 56.9 Å². The molecule has 9 heteroatoms. The molecule has 2 heterocycles. The number of nitrogens with zero attached hydrogens (tertiary/aromatic N) is 3. The van der Waals surface area contributed by atoms with Crippen molar-refractivity contribution in [3.8, 4) is 0 Å². The van der Waals surface area contributed by atoms with Crippen molar-refractivity contribution in [1.82, 2.24) is 19.3 Å². The zero-order chi connectivity index (χ0) is 22.8. The second-order valence-electron chi connectivity index (χ2n) is 9.89. The Morgan fingerprint density at radius 1 is 1.23 bits per heavy atom. The van der Waals surface area contributed by atoms with E-state index in [1.165, 1.54) is 0 Å². The molecule has 2 atom stereocenters. The molecule has 2 aliphatic carbocycles. The number of nitrogens with two attached hydrogens (primary N) is 1. The zero-order valence-corrected chi connectivity index (χ0v) is 19.9. The van der Waals surface area contributed by atoms with Crippen LogP contribution in [0.25, 0.3) is 11.0 Å². The average Bonchev–Trinajstić information content (AvgIpc) is 3.19. The fourth-order valence-corrected chi connectivity index (χ4v) is 7.72. The predicted octanol–water partition coefficient (Wildman–Crippen LogP) is 2.64. The Labute approximate surface area is 184 Å². The molecule has 2 aromatic rings. The molecule has 0 saturated heterocycles. The van der Waals surface area contributed by atoms with Crippen molar-refractivity contribution < 1.29 is 13.2 Å². The van der Waals surface area contributed by atoms with Crippen LogP contribution in [0.4, 0.5) is 5.82 Å². The molecule has 2 bridgehead atoms. The minimum absolute atomic E-state index is 0.101. The largest absolute Gasteiger partial charge is 0.382 e. The van der Waals surface area contributed by atoms with Crippen LogP contribution in [0, 0.1) is 37.5 Å². The lowest BCUT2D eigenvalue weighted by atomic mass is 9.70. The van der Waals surface area contributed by atoms with Crippen molar-refractivity contribution in [3.63, 3.8) is 0 Å². The van der Waals surface area contributed by atoms with Gasteiger partial charge in [-0.3, -0.25) is 4.79 Å². The number of pyridine rings is 1. The minimum atomic E-state index is -3.55. The van der Waals surface area contributed by atoms with Crippen molar-refractivity contribution in [2.24, 2.45) is 16.7 Å². The molecular formula is C22H33N5O3S.